The summed E-state index contributed by atoms with van der Waals surface area (Å²) in [6.07, 6.45) is 4.67. The van der Waals surface area contributed by atoms with Crippen LogP contribution >= 0.6 is 34.7 Å². The minimum Gasteiger partial charge on any atom is -0.316 e. The predicted molar refractivity (Wildman–Crippen MR) is 144 cm³/mol. The van der Waals surface area contributed by atoms with Gasteiger partial charge in [-0.05, 0) is 48.3 Å². The van der Waals surface area contributed by atoms with Crippen molar-refractivity contribution in [3.05, 3.63) is 57.9 Å². The number of carbonyl (C=O) groups excluding carboxylic acids is 1. The van der Waals surface area contributed by atoms with Gasteiger partial charge in [-0.25, -0.2) is 0 Å². The maximum atomic E-state index is 12.9. The number of hydrogen-bond acceptors (Lipinski definition) is 6. The van der Waals surface area contributed by atoms with E-state index in [1.807, 2.05) is 22.8 Å². The van der Waals surface area contributed by atoms with Gasteiger partial charge in [0.15, 0.2) is 11.0 Å². The Kier molecular flexibility index (Phi) is 7.70. The number of benzene rings is 1. The highest BCUT2D eigenvalue weighted by Gasteiger charge is 2.32. The zero-order valence-corrected chi connectivity index (χ0v) is 22.5. The molecule has 3 aromatic rings. The van der Waals surface area contributed by atoms with Gasteiger partial charge in [-0.3, -0.25) is 9.36 Å². The molecule has 2 heterocycles. The van der Waals surface area contributed by atoms with Crippen molar-refractivity contribution in [3.63, 3.8) is 0 Å². The van der Waals surface area contributed by atoms with Crippen LogP contribution in [0.4, 0.5) is 5.00 Å². The number of nitrogens with one attached hydrogen (secondary N) is 1. The van der Waals surface area contributed by atoms with E-state index in [2.05, 4.69) is 48.9 Å². The number of thioether (sulfide) groups is 1. The third kappa shape index (κ3) is 5.48. The maximum Gasteiger partial charge on any atom is 0.235 e. The summed E-state index contributed by atoms with van der Waals surface area (Å²) < 4.78 is 1.89. The predicted octanol–water partition coefficient (Wildman–Crippen LogP) is 6.60. The third-order valence-corrected chi connectivity index (χ3v) is 8.80. The van der Waals surface area contributed by atoms with E-state index in [1.54, 1.807) is 23.5 Å². The molecule has 4 rings (SSSR count). The highest BCUT2D eigenvalue weighted by Crippen LogP contribution is 2.44. The molecule has 1 amide bonds. The Morgan fingerprint density at radius 2 is 2.17 bits per heavy atom. The first-order chi connectivity index (χ1) is 16.7. The standard InChI is InChI=1S/C26H28ClN5OS2/c1-5-12-32-23(18-8-6-7-9-20(18)27)30-31-25(32)34-15-22(33)29-24-19(14-28)17-11-10-16(26(2,3)4)13-21(17)35-24/h5-9,16H,1,10-13,15H2,2-4H3,(H,29,33). The molecule has 1 aliphatic carbocycles. The first kappa shape index (κ1) is 25.5. The number of allylic oxidation sites excluding steroid dienone is 1. The molecule has 0 bridgehead atoms. The molecule has 9 heteroatoms. The number of nitrogens with zero attached hydrogens (tertiary/aromatic N) is 4. The highest BCUT2D eigenvalue weighted by molar-refractivity contribution is 7.99. The zero-order valence-electron chi connectivity index (χ0n) is 20.1. The lowest BCUT2D eigenvalue weighted by Gasteiger charge is -2.33. The molecule has 0 spiro atoms. The average Bonchev–Trinajstić information content (AvgIpc) is 3.37. The minimum absolute atomic E-state index is 0.149. The molecule has 1 aromatic carbocycles. The van der Waals surface area contributed by atoms with Crippen molar-refractivity contribution in [2.75, 3.05) is 11.1 Å². The Labute approximate surface area is 219 Å². The van der Waals surface area contributed by atoms with Crippen molar-refractivity contribution < 1.29 is 4.79 Å². The first-order valence-electron chi connectivity index (χ1n) is 11.5. The molecule has 1 unspecified atom stereocenters. The van der Waals surface area contributed by atoms with Gasteiger partial charge in [0, 0.05) is 17.0 Å². The second kappa shape index (κ2) is 10.6. The van der Waals surface area contributed by atoms with E-state index in [9.17, 15) is 10.1 Å². The van der Waals surface area contributed by atoms with Crippen LogP contribution < -0.4 is 5.32 Å². The van der Waals surface area contributed by atoms with Crippen molar-refractivity contribution >= 4 is 45.6 Å². The van der Waals surface area contributed by atoms with Crippen LogP contribution in [-0.4, -0.2) is 26.4 Å². The summed E-state index contributed by atoms with van der Waals surface area (Å²) in [7, 11) is 0. The van der Waals surface area contributed by atoms with Crippen molar-refractivity contribution in [1.82, 2.24) is 14.8 Å². The van der Waals surface area contributed by atoms with Gasteiger partial charge >= 0.3 is 0 Å². The second-order valence-electron chi connectivity index (χ2n) is 9.65. The fourth-order valence-corrected chi connectivity index (χ4v) is 6.62. The number of aromatic nitrogens is 3. The van der Waals surface area contributed by atoms with E-state index in [0.717, 1.165) is 30.4 Å². The van der Waals surface area contributed by atoms with E-state index in [0.29, 0.717) is 39.0 Å². The van der Waals surface area contributed by atoms with Crippen LogP contribution in [0.5, 0.6) is 0 Å². The lowest BCUT2D eigenvalue weighted by Crippen LogP contribution is -2.26. The number of hydrogen-bond donors (Lipinski definition) is 1. The van der Waals surface area contributed by atoms with E-state index in [4.69, 9.17) is 11.6 Å². The van der Waals surface area contributed by atoms with Crippen molar-refractivity contribution in [2.24, 2.45) is 11.3 Å². The van der Waals surface area contributed by atoms with Gasteiger partial charge in [-0.1, -0.05) is 62.3 Å². The number of carbonyl (C=O) groups is 1. The molecule has 182 valence electrons. The number of nitriles is 1. The van der Waals surface area contributed by atoms with Crippen LogP contribution in [0, 0.1) is 22.7 Å². The highest BCUT2D eigenvalue weighted by atomic mass is 35.5. The Hall–Kier alpha value is -2.60. The molecule has 0 saturated heterocycles. The molecular formula is C26H28ClN5OS2. The van der Waals surface area contributed by atoms with Crippen molar-refractivity contribution in [1.29, 1.82) is 5.26 Å². The molecule has 0 radical (unpaired) electrons. The van der Waals surface area contributed by atoms with Gasteiger partial charge < -0.3 is 5.32 Å². The van der Waals surface area contributed by atoms with Gasteiger partial charge in [0.2, 0.25) is 5.91 Å². The minimum atomic E-state index is -0.176. The molecule has 1 atom stereocenters. The number of halogens is 1. The van der Waals surface area contributed by atoms with Gasteiger partial charge in [0.25, 0.3) is 0 Å². The average molecular weight is 526 g/mol. The second-order valence-corrected chi connectivity index (χ2v) is 12.1. The smallest absolute Gasteiger partial charge is 0.235 e. The first-order valence-corrected chi connectivity index (χ1v) is 13.7. The van der Waals surface area contributed by atoms with Gasteiger partial charge in [0.1, 0.15) is 11.1 Å². The topological polar surface area (TPSA) is 83.6 Å². The summed E-state index contributed by atoms with van der Waals surface area (Å²) in [5.74, 6) is 1.17. The molecular weight excluding hydrogens is 498 g/mol. The molecule has 6 nitrogen and oxygen atoms in total. The summed E-state index contributed by atoms with van der Waals surface area (Å²) >= 11 is 9.20. The van der Waals surface area contributed by atoms with Crippen LogP contribution in [0.15, 0.2) is 42.1 Å². The summed E-state index contributed by atoms with van der Waals surface area (Å²) in [6, 6.07) is 9.78. The number of fused-ring (bicyclic) bond motifs is 1. The number of rotatable bonds is 7. The lowest BCUT2D eigenvalue weighted by atomic mass is 9.72. The normalized spacial score (nSPS) is 15.3. The molecule has 0 fully saturated rings. The Bertz CT molecular complexity index is 1300. The van der Waals surface area contributed by atoms with Gasteiger partial charge in [-0.2, -0.15) is 5.26 Å². The Morgan fingerprint density at radius 3 is 2.86 bits per heavy atom. The van der Waals surface area contributed by atoms with Crippen LogP contribution in [0.1, 0.15) is 43.2 Å². The molecule has 0 saturated carbocycles. The number of amides is 1. The maximum absolute atomic E-state index is 12.9. The quantitative estimate of drug-likeness (QED) is 0.277. The zero-order chi connectivity index (χ0) is 25.2. The van der Waals surface area contributed by atoms with Gasteiger partial charge in [0.05, 0.1) is 16.3 Å². The Morgan fingerprint density at radius 1 is 1.40 bits per heavy atom. The van der Waals surface area contributed by atoms with Crippen LogP contribution in [0.25, 0.3) is 11.4 Å². The third-order valence-electron chi connectivity index (χ3n) is 6.33. The van der Waals surface area contributed by atoms with E-state index in [-0.39, 0.29) is 17.1 Å². The van der Waals surface area contributed by atoms with Crippen molar-refractivity contribution in [3.8, 4) is 17.5 Å². The molecule has 0 aliphatic heterocycles. The lowest BCUT2D eigenvalue weighted by molar-refractivity contribution is -0.113. The monoisotopic (exact) mass is 525 g/mol. The van der Waals surface area contributed by atoms with Crippen molar-refractivity contribution in [2.45, 2.75) is 51.7 Å². The number of thiophene rings is 1. The molecule has 1 N–H and O–H groups in total. The van der Waals surface area contributed by atoms with Crippen LogP contribution in [-0.2, 0) is 24.2 Å². The summed E-state index contributed by atoms with van der Waals surface area (Å²) in [5.41, 5.74) is 2.72. The van der Waals surface area contributed by atoms with Crippen LogP contribution in [0.3, 0.4) is 0 Å². The van der Waals surface area contributed by atoms with E-state index in [1.165, 1.54) is 16.6 Å². The van der Waals surface area contributed by atoms with E-state index < -0.39 is 0 Å². The largest absolute Gasteiger partial charge is 0.316 e. The summed E-state index contributed by atoms with van der Waals surface area (Å²) in [6.45, 7) is 11.1. The van der Waals surface area contributed by atoms with Gasteiger partial charge in [-0.15, -0.1) is 28.1 Å². The number of anilines is 1. The molecule has 1 aliphatic rings. The molecule has 2 aromatic heterocycles. The summed E-state index contributed by atoms with van der Waals surface area (Å²) in [5, 5.41) is 23.2. The molecule has 35 heavy (non-hydrogen) atoms. The van der Waals surface area contributed by atoms with E-state index >= 15 is 0 Å². The fraction of sp³-hybridized carbons (Fsp3) is 0.385. The SMILES string of the molecule is C=CCn1c(SCC(=O)Nc2sc3c(c2C#N)CCC(C(C)(C)C)C3)nnc1-c1ccccc1Cl. The fourth-order valence-electron chi connectivity index (χ4n) is 4.36. The van der Waals surface area contributed by atoms with Crippen LogP contribution in [0.2, 0.25) is 5.02 Å². The summed E-state index contributed by atoms with van der Waals surface area (Å²) in [4.78, 5) is 14.1. The Balaban J connectivity index is 1.48.